The molecule has 0 radical (unpaired) electrons. The van der Waals surface area contributed by atoms with E-state index in [0.29, 0.717) is 21.9 Å². The van der Waals surface area contributed by atoms with Crippen LogP contribution in [0.25, 0.3) is 22.9 Å². The molecule has 0 aliphatic heterocycles. The molecule has 0 unspecified atom stereocenters. The second-order valence-electron chi connectivity index (χ2n) is 6.50. The zero-order chi connectivity index (χ0) is 21.6. The lowest BCUT2D eigenvalue weighted by Crippen LogP contribution is -1.88. The smallest absolute Gasteiger partial charge is 0.270 e. The zero-order valence-electron chi connectivity index (χ0n) is 16.1. The molecule has 1 heterocycles. The van der Waals surface area contributed by atoms with Gasteiger partial charge in [-0.25, -0.2) is 4.98 Å². The van der Waals surface area contributed by atoms with Crippen LogP contribution in [0, 0.1) is 21.4 Å². The van der Waals surface area contributed by atoms with Crippen LogP contribution in [0.1, 0.15) is 10.6 Å². The van der Waals surface area contributed by atoms with Crippen molar-refractivity contribution in [3.8, 4) is 28.8 Å². The second kappa shape index (κ2) is 9.03. The highest BCUT2D eigenvalue weighted by molar-refractivity contribution is 7.11. The highest BCUT2D eigenvalue weighted by Gasteiger charge is 2.11. The molecule has 0 aliphatic carbocycles. The molecule has 0 fully saturated rings. The number of para-hydroxylation sites is 1. The van der Waals surface area contributed by atoms with Gasteiger partial charge in [0.1, 0.15) is 22.6 Å². The first-order chi connectivity index (χ1) is 15.1. The monoisotopic (exact) mass is 425 g/mol. The van der Waals surface area contributed by atoms with Crippen molar-refractivity contribution in [2.24, 2.45) is 0 Å². The van der Waals surface area contributed by atoms with E-state index in [-0.39, 0.29) is 5.69 Å². The predicted molar refractivity (Wildman–Crippen MR) is 121 cm³/mol. The van der Waals surface area contributed by atoms with E-state index in [1.54, 1.807) is 18.2 Å². The van der Waals surface area contributed by atoms with Crippen LogP contribution in [0.4, 0.5) is 5.69 Å². The number of hydrogen-bond acceptors (Lipinski definition) is 6. The zero-order valence-corrected chi connectivity index (χ0v) is 17.0. The maximum absolute atomic E-state index is 11.0. The van der Waals surface area contributed by atoms with Crippen molar-refractivity contribution in [3.05, 3.63) is 105 Å². The van der Waals surface area contributed by atoms with Gasteiger partial charge < -0.3 is 4.74 Å². The Bertz CT molecular complexity index is 1290. The lowest BCUT2D eigenvalue weighted by molar-refractivity contribution is -0.384. The van der Waals surface area contributed by atoms with Gasteiger partial charge in [0.05, 0.1) is 16.2 Å². The van der Waals surface area contributed by atoms with Crippen LogP contribution in [0.15, 0.2) is 84.2 Å². The lowest BCUT2D eigenvalue weighted by Gasteiger charge is -2.05. The van der Waals surface area contributed by atoms with E-state index in [0.717, 1.165) is 17.0 Å². The van der Waals surface area contributed by atoms with Crippen molar-refractivity contribution in [3.63, 3.8) is 0 Å². The minimum absolute atomic E-state index is 0.0244. The molecule has 31 heavy (non-hydrogen) atoms. The van der Waals surface area contributed by atoms with Gasteiger partial charge in [-0.15, -0.1) is 11.3 Å². The molecular formula is C24H15N3O3S. The third-order valence-corrected chi connectivity index (χ3v) is 5.25. The Balaban J connectivity index is 1.55. The average Bonchev–Trinajstić information content (AvgIpc) is 3.29. The number of ether oxygens (including phenoxy) is 1. The van der Waals surface area contributed by atoms with Crippen molar-refractivity contribution >= 4 is 28.7 Å². The van der Waals surface area contributed by atoms with Crippen LogP contribution in [0.3, 0.4) is 0 Å². The first-order valence-electron chi connectivity index (χ1n) is 9.28. The number of hydrogen-bond donors (Lipinski definition) is 0. The fourth-order valence-corrected chi connectivity index (χ4v) is 3.68. The van der Waals surface area contributed by atoms with Crippen molar-refractivity contribution in [1.29, 1.82) is 5.26 Å². The molecule has 6 nitrogen and oxygen atoms in total. The number of allylic oxidation sites excluding steroid dienone is 1. The number of thiazole rings is 1. The summed E-state index contributed by atoms with van der Waals surface area (Å²) < 4.78 is 5.80. The molecule has 0 saturated carbocycles. The molecule has 0 saturated heterocycles. The van der Waals surface area contributed by atoms with Gasteiger partial charge >= 0.3 is 0 Å². The molecule has 4 rings (SSSR count). The third kappa shape index (κ3) is 4.83. The van der Waals surface area contributed by atoms with Crippen molar-refractivity contribution < 1.29 is 9.66 Å². The van der Waals surface area contributed by atoms with Crippen molar-refractivity contribution in [2.75, 3.05) is 0 Å². The minimum atomic E-state index is -0.462. The van der Waals surface area contributed by atoms with Crippen LogP contribution >= 0.6 is 11.3 Å². The maximum Gasteiger partial charge on any atom is 0.270 e. The van der Waals surface area contributed by atoms with E-state index < -0.39 is 4.92 Å². The highest BCUT2D eigenvalue weighted by Crippen LogP contribution is 2.29. The summed E-state index contributed by atoms with van der Waals surface area (Å²) in [5.41, 5.74) is 2.54. The Morgan fingerprint density at radius 1 is 1.03 bits per heavy atom. The number of nitro groups is 1. The number of rotatable bonds is 6. The summed E-state index contributed by atoms with van der Waals surface area (Å²) in [7, 11) is 0. The lowest BCUT2D eigenvalue weighted by atomic mass is 10.1. The summed E-state index contributed by atoms with van der Waals surface area (Å²) in [6.07, 6.45) is 1.60. The first kappa shape index (κ1) is 20.0. The average molecular weight is 425 g/mol. The standard InChI is InChI=1S/C24H15N3O3S/c25-15-19(13-17-5-4-6-20(14-17)27(28)29)24-26-23(16-31-24)18-9-11-22(12-10-18)30-21-7-2-1-3-8-21/h1-14,16H/b19-13-. The topological polar surface area (TPSA) is 89.0 Å². The molecule has 0 amide bonds. The van der Waals surface area contributed by atoms with E-state index in [1.807, 2.05) is 60.0 Å². The molecule has 4 aromatic rings. The van der Waals surface area contributed by atoms with Crippen LogP contribution < -0.4 is 4.74 Å². The SMILES string of the molecule is N#C/C(=C/c1cccc([N+](=O)[O-])c1)c1nc(-c2ccc(Oc3ccccc3)cc2)cs1. The van der Waals surface area contributed by atoms with Gasteiger partial charge in [0.15, 0.2) is 0 Å². The van der Waals surface area contributed by atoms with Gasteiger partial charge in [-0.1, -0.05) is 30.3 Å². The van der Waals surface area contributed by atoms with E-state index >= 15 is 0 Å². The normalized spacial score (nSPS) is 11.0. The Morgan fingerprint density at radius 2 is 1.77 bits per heavy atom. The first-order valence-corrected chi connectivity index (χ1v) is 10.2. The van der Waals surface area contributed by atoms with Gasteiger partial charge in [0.25, 0.3) is 5.69 Å². The van der Waals surface area contributed by atoms with Crippen molar-refractivity contribution in [1.82, 2.24) is 4.98 Å². The van der Waals surface area contributed by atoms with Gasteiger partial charge in [0, 0.05) is 23.1 Å². The molecule has 0 atom stereocenters. The van der Waals surface area contributed by atoms with E-state index in [4.69, 9.17) is 4.74 Å². The number of benzene rings is 3. The predicted octanol–water partition coefficient (Wildman–Crippen LogP) is 6.57. The number of nitrogens with zero attached hydrogens (tertiary/aromatic N) is 3. The summed E-state index contributed by atoms with van der Waals surface area (Å²) in [4.78, 5) is 15.1. The van der Waals surface area contributed by atoms with Crippen LogP contribution in [0.2, 0.25) is 0 Å². The summed E-state index contributed by atoms with van der Waals surface area (Å²) in [6.45, 7) is 0. The molecule has 7 heteroatoms. The molecule has 0 N–H and O–H groups in total. The van der Waals surface area contributed by atoms with E-state index in [9.17, 15) is 15.4 Å². The fourth-order valence-electron chi connectivity index (χ4n) is 2.89. The Morgan fingerprint density at radius 3 is 2.48 bits per heavy atom. The van der Waals surface area contributed by atoms with Crippen LogP contribution in [-0.4, -0.2) is 9.91 Å². The van der Waals surface area contributed by atoms with Crippen LogP contribution in [0.5, 0.6) is 11.5 Å². The fraction of sp³-hybridized carbons (Fsp3) is 0. The minimum Gasteiger partial charge on any atom is -0.457 e. The molecule has 0 spiro atoms. The summed E-state index contributed by atoms with van der Waals surface area (Å²) in [5, 5.41) is 23.0. The van der Waals surface area contributed by atoms with Gasteiger partial charge in [-0.3, -0.25) is 10.1 Å². The van der Waals surface area contributed by atoms with Gasteiger partial charge in [-0.2, -0.15) is 5.26 Å². The second-order valence-corrected chi connectivity index (χ2v) is 7.36. The Labute approximate surface area is 182 Å². The highest BCUT2D eigenvalue weighted by atomic mass is 32.1. The van der Waals surface area contributed by atoms with E-state index in [2.05, 4.69) is 11.1 Å². The maximum atomic E-state index is 11.0. The summed E-state index contributed by atoms with van der Waals surface area (Å²) in [5.74, 6) is 1.48. The summed E-state index contributed by atoms with van der Waals surface area (Å²) >= 11 is 1.35. The molecule has 150 valence electrons. The molecule has 0 bridgehead atoms. The van der Waals surface area contributed by atoms with E-state index in [1.165, 1.54) is 23.5 Å². The Kier molecular flexibility index (Phi) is 5.83. The Hall–Kier alpha value is -4.28. The van der Waals surface area contributed by atoms with Crippen LogP contribution in [-0.2, 0) is 0 Å². The molecule has 0 aliphatic rings. The third-order valence-electron chi connectivity index (χ3n) is 4.38. The molecule has 1 aromatic heterocycles. The largest absolute Gasteiger partial charge is 0.457 e. The molecule has 3 aromatic carbocycles. The van der Waals surface area contributed by atoms with Crippen molar-refractivity contribution in [2.45, 2.75) is 0 Å². The number of non-ortho nitro benzene ring substituents is 1. The number of nitro benzene ring substituents is 1. The summed E-state index contributed by atoms with van der Waals surface area (Å²) in [6, 6.07) is 25.4. The molecular weight excluding hydrogens is 410 g/mol. The number of nitriles is 1. The quantitative estimate of drug-likeness (QED) is 0.198. The van der Waals surface area contributed by atoms with Gasteiger partial charge in [-0.05, 0) is 48.0 Å². The number of aromatic nitrogens is 1. The van der Waals surface area contributed by atoms with Gasteiger partial charge in [0.2, 0.25) is 0 Å².